The molecule has 20 heavy (non-hydrogen) atoms. The summed E-state index contributed by atoms with van der Waals surface area (Å²) >= 11 is 0. The minimum Gasteiger partial charge on any atom is -0.494 e. The number of hydrogen-bond acceptors (Lipinski definition) is 5. The Morgan fingerprint density at radius 3 is 2.20 bits per heavy atom. The highest BCUT2D eigenvalue weighted by molar-refractivity contribution is 5.92. The molecule has 0 aromatic heterocycles. The maximum Gasteiger partial charge on any atom is 0.224 e. The molecule has 6 nitrogen and oxygen atoms in total. The number of methoxy groups -OCH3 is 3. The topological polar surface area (TPSA) is 68.8 Å². The molecule has 2 N–H and O–H groups in total. The summed E-state index contributed by atoms with van der Waals surface area (Å²) in [4.78, 5) is 11.8. The van der Waals surface area contributed by atoms with Gasteiger partial charge in [-0.25, -0.2) is 0 Å². The van der Waals surface area contributed by atoms with Gasteiger partial charge in [0.15, 0.2) is 11.5 Å². The van der Waals surface area contributed by atoms with Crippen LogP contribution in [0.2, 0.25) is 0 Å². The van der Waals surface area contributed by atoms with Gasteiger partial charge in [-0.05, 0) is 20.0 Å². The number of nitrogens with one attached hydrogen (secondary N) is 2. The van der Waals surface area contributed by atoms with Crippen molar-refractivity contribution in [1.29, 1.82) is 0 Å². The Hall–Kier alpha value is -1.95. The molecule has 0 bridgehead atoms. The number of ether oxygens (including phenoxy) is 3. The van der Waals surface area contributed by atoms with Crippen LogP contribution in [0.15, 0.2) is 12.1 Å². The van der Waals surface area contributed by atoms with Crippen LogP contribution in [0.4, 0.5) is 5.69 Å². The van der Waals surface area contributed by atoms with Crippen molar-refractivity contribution in [2.75, 3.05) is 40.2 Å². The minimum absolute atomic E-state index is 0.0641. The largest absolute Gasteiger partial charge is 0.494 e. The predicted octanol–water partition coefficient (Wildman–Crippen LogP) is 1.65. The molecule has 0 heterocycles. The van der Waals surface area contributed by atoms with E-state index in [1.165, 1.54) is 7.11 Å². The van der Waals surface area contributed by atoms with Crippen LogP contribution in [-0.2, 0) is 4.79 Å². The first-order valence-electron chi connectivity index (χ1n) is 6.40. The fraction of sp³-hybridized carbons (Fsp3) is 0.500. The number of amides is 1. The van der Waals surface area contributed by atoms with Crippen molar-refractivity contribution in [1.82, 2.24) is 5.32 Å². The smallest absolute Gasteiger partial charge is 0.224 e. The van der Waals surface area contributed by atoms with E-state index >= 15 is 0 Å². The van der Waals surface area contributed by atoms with Crippen molar-refractivity contribution < 1.29 is 19.0 Å². The summed E-state index contributed by atoms with van der Waals surface area (Å²) in [6.45, 7) is 0.802. The average Bonchev–Trinajstić information content (AvgIpc) is 2.47. The molecular weight excluding hydrogens is 260 g/mol. The molecule has 0 aliphatic carbocycles. The molecule has 0 radical (unpaired) electrons. The van der Waals surface area contributed by atoms with Gasteiger partial charge in [-0.1, -0.05) is 0 Å². The zero-order valence-electron chi connectivity index (χ0n) is 12.4. The summed E-state index contributed by atoms with van der Waals surface area (Å²) < 4.78 is 15.7. The molecule has 0 aliphatic heterocycles. The van der Waals surface area contributed by atoms with Crippen molar-refractivity contribution in [2.45, 2.75) is 12.8 Å². The molecule has 1 amide bonds. The van der Waals surface area contributed by atoms with Gasteiger partial charge in [0.05, 0.1) is 27.0 Å². The molecule has 112 valence electrons. The Morgan fingerprint density at radius 2 is 1.65 bits per heavy atom. The van der Waals surface area contributed by atoms with Gasteiger partial charge in [-0.15, -0.1) is 0 Å². The molecule has 0 saturated heterocycles. The molecule has 0 unspecified atom stereocenters. The zero-order valence-corrected chi connectivity index (χ0v) is 12.4. The zero-order chi connectivity index (χ0) is 15.0. The summed E-state index contributed by atoms with van der Waals surface area (Å²) in [5, 5.41) is 5.82. The summed E-state index contributed by atoms with van der Waals surface area (Å²) in [5.74, 6) is 1.56. The molecular formula is C14H22N2O4. The second-order valence-electron chi connectivity index (χ2n) is 4.16. The first kappa shape index (κ1) is 16.1. The average molecular weight is 282 g/mol. The second kappa shape index (κ2) is 8.27. The predicted molar refractivity (Wildman–Crippen MR) is 77.9 cm³/mol. The number of carbonyl (C=O) groups is 1. The van der Waals surface area contributed by atoms with Crippen LogP contribution in [0.1, 0.15) is 12.8 Å². The highest BCUT2D eigenvalue weighted by Gasteiger charge is 2.13. The Labute approximate surface area is 119 Å². The van der Waals surface area contributed by atoms with E-state index in [1.54, 1.807) is 26.4 Å². The summed E-state index contributed by atoms with van der Waals surface area (Å²) in [5.41, 5.74) is 0.569. The van der Waals surface area contributed by atoms with E-state index in [4.69, 9.17) is 14.2 Å². The first-order chi connectivity index (χ1) is 9.65. The molecule has 0 atom stereocenters. The SMILES string of the molecule is CNCCCC(=O)Nc1cc(OC)c(OC)cc1OC. The first-order valence-corrected chi connectivity index (χ1v) is 6.40. The maximum atomic E-state index is 11.8. The van der Waals surface area contributed by atoms with Gasteiger partial charge in [0, 0.05) is 18.6 Å². The normalized spacial score (nSPS) is 10.0. The number of hydrogen-bond donors (Lipinski definition) is 2. The van der Waals surface area contributed by atoms with E-state index in [0.29, 0.717) is 29.4 Å². The number of anilines is 1. The van der Waals surface area contributed by atoms with Crippen molar-refractivity contribution in [3.8, 4) is 17.2 Å². The van der Waals surface area contributed by atoms with E-state index in [2.05, 4.69) is 10.6 Å². The Bertz CT molecular complexity index is 449. The van der Waals surface area contributed by atoms with Crippen molar-refractivity contribution in [3.05, 3.63) is 12.1 Å². The lowest BCUT2D eigenvalue weighted by Crippen LogP contribution is -2.15. The summed E-state index contributed by atoms with van der Waals surface area (Å²) in [7, 11) is 6.49. The molecule has 1 aromatic rings. The van der Waals surface area contributed by atoms with Crippen LogP contribution in [0.5, 0.6) is 17.2 Å². The lowest BCUT2D eigenvalue weighted by molar-refractivity contribution is -0.116. The lowest BCUT2D eigenvalue weighted by Gasteiger charge is -2.14. The van der Waals surface area contributed by atoms with Crippen LogP contribution < -0.4 is 24.8 Å². The van der Waals surface area contributed by atoms with Crippen LogP contribution in [0, 0.1) is 0 Å². The Morgan fingerprint density at radius 1 is 1.05 bits per heavy atom. The Kier molecular flexibility index (Phi) is 6.66. The maximum absolute atomic E-state index is 11.8. The number of rotatable bonds is 8. The molecule has 1 rings (SSSR count). The molecule has 6 heteroatoms. The molecule has 0 fully saturated rings. The van der Waals surface area contributed by atoms with E-state index in [-0.39, 0.29) is 5.91 Å². The van der Waals surface area contributed by atoms with Crippen LogP contribution in [0.25, 0.3) is 0 Å². The summed E-state index contributed by atoms with van der Waals surface area (Å²) in [6.07, 6.45) is 1.22. The van der Waals surface area contributed by atoms with Crippen molar-refractivity contribution in [2.24, 2.45) is 0 Å². The third-order valence-electron chi connectivity index (χ3n) is 2.81. The fourth-order valence-electron chi connectivity index (χ4n) is 1.77. The van der Waals surface area contributed by atoms with Gasteiger partial charge >= 0.3 is 0 Å². The second-order valence-corrected chi connectivity index (χ2v) is 4.16. The van der Waals surface area contributed by atoms with Crippen molar-refractivity contribution >= 4 is 11.6 Å². The van der Waals surface area contributed by atoms with Crippen LogP contribution >= 0.6 is 0 Å². The van der Waals surface area contributed by atoms with Gasteiger partial charge in [0.1, 0.15) is 5.75 Å². The fourth-order valence-corrected chi connectivity index (χ4v) is 1.77. The minimum atomic E-state index is -0.0641. The Balaban J connectivity index is 2.84. The van der Waals surface area contributed by atoms with Gasteiger partial charge in [0.25, 0.3) is 0 Å². The quantitative estimate of drug-likeness (QED) is 0.710. The molecule has 0 saturated carbocycles. The highest BCUT2D eigenvalue weighted by Crippen LogP contribution is 2.37. The lowest BCUT2D eigenvalue weighted by atomic mass is 10.2. The van der Waals surface area contributed by atoms with E-state index in [1.807, 2.05) is 7.05 Å². The molecule has 1 aromatic carbocycles. The van der Waals surface area contributed by atoms with Gasteiger partial charge in [0.2, 0.25) is 5.91 Å². The van der Waals surface area contributed by atoms with Crippen LogP contribution in [-0.4, -0.2) is 40.8 Å². The number of benzene rings is 1. The van der Waals surface area contributed by atoms with Crippen molar-refractivity contribution in [3.63, 3.8) is 0 Å². The highest BCUT2D eigenvalue weighted by atomic mass is 16.5. The van der Waals surface area contributed by atoms with Crippen LogP contribution in [0.3, 0.4) is 0 Å². The van der Waals surface area contributed by atoms with Gasteiger partial charge in [-0.2, -0.15) is 0 Å². The third-order valence-corrected chi connectivity index (χ3v) is 2.81. The van der Waals surface area contributed by atoms with E-state index < -0.39 is 0 Å². The third kappa shape index (κ3) is 4.31. The number of carbonyl (C=O) groups excluding carboxylic acids is 1. The monoisotopic (exact) mass is 282 g/mol. The van der Waals surface area contributed by atoms with Gasteiger partial charge < -0.3 is 24.8 Å². The van der Waals surface area contributed by atoms with E-state index in [0.717, 1.165) is 13.0 Å². The summed E-state index contributed by atoms with van der Waals surface area (Å²) in [6, 6.07) is 3.37. The van der Waals surface area contributed by atoms with E-state index in [9.17, 15) is 4.79 Å². The van der Waals surface area contributed by atoms with Gasteiger partial charge in [-0.3, -0.25) is 4.79 Å². The standard InChI is InChI=1S/C14H22N2O4/c1-15-7-5-6-14(17)16-10-8-12(19-3)13(20-4)9-11(10)18-2/h8-9,15H,5-7H2,1-4H3,(H,16,17). The molecule has 0 spiro atoms. The molecule has 0 aliphatic rings.